The summed E-state index contributed by atoms with van der Waals surface area (Å²) in [7, 11) is 0. The quantitative estimate of drug-likeness (QED) is 0.567. The molecule has 0 amide bonds. The minimum absolute atomic E-state index is 0.0525. The molecule has 4 aromatic rings. The molecule has 0 fully saturated rings. The van der Waals surface area contributed by atoms with E-state index < -0.39 is 0 Å². The number of nitrogens with zero attached hydrogens (tertiary/aromatic N) is 2. The largest absolute Gasteiger partial charge is 0.392 e. The third-order valence-corrected chi connectivity index (χ3v) is 4.80. The molecule has 0 bridgehead atoms. The Balaban J connectivity index is 1.79. The summed E-state index contributed by atoms with van der Waals surface area (Å²) in [5.74, 6) is 0. The van der Waals surface area contributed by atoms with Gasteiger partial charge >= 0.3 is 0 Å². The number of rotatable bonds is 4. The first-order valence-corrected chi connectivity index (χ1v) is 8.68. The second-order valence-electron chi connectivity index (χ2n) is 6.44. The number of aliphatic hydroxyl groups excluding tert-OH is 1. The highest BCUT2D eigenvalue weighted by molar-refractivity contribution is 5.89. The van der Waals surface area contributed by atoms with Crippen LogP contribution in [0.2, 0.25) is 0 Å². The molecule has 0 saturated heterocycles. The van der Waals surface area contributed by atoms with Gasteiger partial charge in [-0.05, 0) is 49.2 Å². The number of para-hydroxylation sites is 2. The first-order valence-electron chi connectivity index (χ1n) is 8.68. The minimum atomic E-state index is 0.0525. The summed E-state index contributed by atoms with van der Waals surface area (Å²) in [6.07, 6.45) is 4.13. The number of aliphatic hydroxyl groups is 1. The molecule has 0 aliphatic carbocycles. The average molecular weight is 343 g/mol. The summed E-state index contributed by atoms with van der Waals surface area (Å²) in [6.45, 7) is 4.16. The number of aryl methyl sites for hydroxylation is 1. The monoisotopic (exact) mass is 343 g/mol. The van der Waals surface area contributed by atoms with E-state index in [1.807, 2.05) is 49.4 Å². The standard InChI is InChI=1S/C22H21N3O/c1-15-13-18(14-26)16(2)25(15)22-10-6-3-7-17(22)11-12-21-19-8-4-5-9-20(19)23-24-21/h3-13,26H,14H2,1-2H3,(H,23,24)/b12-11+. The van der Waals surface area contributed by atoms with Gasteiger partial charge in [0, 0.05) is 16.8 Å². The highest BCUT2D eigenvalue weighted by atomic mass is 16.3. The number of aromatic amines is 1. The molecule has 4 rings (SSSR count). The molecule has 2 aromatic heterocycles. The Morgan fingerprint density at radius 2 is 1.81 bits per heavy atom. The topological polar surface area (TPSA) is 53.8 Å². The maximum atomic E-state index is 9.56. The maximum absolute atomic E-state index is 9.56. The van der Waals surface area contributed by atoms with Crippen LogP contribution in [-0.2, 0) is 6.61 Å². The van der Waals surface area contributed by atoms with Crippen molar-refractivity contribution in [2.45, 2.75) is 20.5 Å². The Kier molecular flexibility index (Phi) is 4.19. The normalized spacial score (nSPS) is 11.7. The van der Waals surface area contributed by atoms with E-state index in [0.29, 0.717) is 0 Å². The third-order valence-electron chi connectivity index (χ3n) is 4.80. The molecule has 2 heterocycles. The van der Waals surface area contributed by atoms with Crippen molar-refractivity contribution in [2.24, 2.45) is 0 Å². The number of benzene rings is 2. The molecule has 0 aliphatic rings. The zero-order chi connectivity index (χ0) is 18.1. The lowest BCUT2D eigenvalue weighted by Gasteiger charge is -2.13. The van der Waals surface area contributed by atoms with Gasteiger partial charge in [0.1, 0.15) is 0 Å². The van der Waals surface area contributed by atoms with Gasteiger partial charge in [0.25, 0.3) is 0 Å². The lowest BCUT2D eigenvalue weighted by Crippen LogP contribution is -2.01. The van der Waals surface area contributed by atoms with E-state index in [1.54, 1.807) is 0 Å². The van der Waals surface area contributed by atoms with E-state index in [2.05, 4.69) is 46.0 Å². The van der Waals surface area contributed by atoms with Crippen molar-refractivity contribution in [1.29, 1.82) is 0 Å². The van der Waals surface area contributed by atoms with Gasteiger partial charge in [-0.1, -0.05) is 42.5 Å². The Bertz CT molecular complexity index is 1100. The Hall–Kier alpha value is -3.11. The van der Waals surface area contributed by atoms with Crippen LogP contribution in [0.3, 0.4) is 0 Å². The molecule has 4 heteroatoms. The van der Waals surface area contributed by atoms with Crippen molar-refractivity contribution in [1.82, 2.24) is 14.8 Å². The van der Waals surface area contributed by atoms with Gasteiger partial charge in [0.15, 0.2) is 0 Å². The van der Waals surface area contributed by atoms with Gasteiger partial charge < -0.3 is 9.67 Å². The molecule has 0 aliphatic heterocycles. The number of hydrogen-bond donors (Lipinski definition) is 2. The minimum Gasteiger partial charge on any atom is -0.392 e. The predicted molar refractivity (Wildman–Crippen MR) is 106 cm³/mol. The summed E-state index contributed by atoms with van der Waals surface area (Å²) in [4.78, 5) is 0. The van der Waals surface area contributed by atoms with E-state index in [4.69, 9.17) is 0 Å². The number of aromatic nitrogens is 3. The average Bonchev–Trinajstić information content (AvgIpc) is 3.20. The van der Waals surface area contributed by atoms with Crippen LogP contribution in [0, 0.1) is 13.8 Å². The van der Waals surface area contributed by atoms with Crippen LogP contribution in [0.25, 0.3) is 28.7 Å². The molecule has 0 unspecified atom stereocenters. The van der Waals surface area contributed by atoms with Crippen LogP contribution in [0.5, 0.6) is 0 Å². The van der Waals surface area contributed by atoms with Crippen LogP contribution in [0.4, 0.5) is 0 Å². The fourth-order valence-electron chi connectivity index (χ4n) is 3.47. The van der Waals surface area contributed by atoms with Gasteiger partial charge in [-0.15, -0.1) is 0 Å². The summed E-state index contributed by atoms with van der Waals surface area (Å²) in [5.41, 5.74) is 7.29. The van der Waals surface area contributed by atoms with E-state index >= 15 is 0 Å². The van der Waals surface area contributed by atoms with Crippen LogP contribution in [0.1, 0.15) is 28.2 Å². The second-order valence-corrected chi connectivity index (χ2v) is 6.44. The van der Waals surface area contributed by atoms with Crippen LogP contribution < -0.4 is 0 Å². The van der Waals surface area contributed by atoms with E-state index in [-0.39, 0.29) is 6.61 Å². The summed E-state index contributed by atoms with van der Waals surface area (Å²) in [5, 5.41) is 18.2. The van der Waals surface area contributed by atoms with Crippen LogP contribution >= 0.6 is 0 Å². The highest BCUT2D eigenvalue weighted by Gasteiger charge is 2.12. The highest BCUT2D eigenvalue weighted by Crippen LogP contribution is 2.25. The fraction of sp³-hybridized carbons (Fsp3) is 0.136. The van der Waals surface area contributed by atoms with Crippen LogP contribution in [-0.4, -0.2) is 19.9 Å². The molecule has 2 aromatic carbocycles. The van der Waals surface area contributed by atoms with Gasteiger partial charge in [-0.25, -0.2) is 0 Å². The molecule has 4 nitrogen and oxygen atoms in total. The Labute approximate surface area is 152 Å². The van der Waals surface area contributed by atoms with Crippen molar-refractivity contribution in [3.8, 4) is 5.69 Å². The lowest BCUT2D eigenvalue weighted by molar-refractivity contribution is 0.281. The van der Waals surface area contributed by atoms with Gasteiger partial charge in [-0.3, -0.25) is 5.10 Å². The van der Waals surface area contributed by atoms with Crippen molar-refractivity contribution in [2.75, 3.05) is 0 Å². The number of fused-ring (bicyclic) bond motifs is 1. The SMILES string of the molecule is Cc1cc(CO)c(C)n1-c1ccccc1/C=C/c1n[nH]c2ccccc12. The van der Waals surface area contributed by atoms with Crippen LogP contribution in [0.15, 0.2) is 54.6 Å². The molecular formula is C22H21N3O. The van der Waals surface area contributed by atoms with Gasteiger partial charge in [0.05, 0.1) is 23.5 Å². The van der Waals surface area contributed by atoms with E-state index in [0.717, 1.165) is 44.8 Å². The zero-order valence-electron chi connectivity index (χ0n) is 14.9. The zero-order valence-corrected chi connectivity index (χ0v) is 14.9. The Morgan fingerprint density at radius 1 is 1.04 bits per heavy atom. The molecule has 0 radical (unpaired) electrons. The van der Waals surface area contributed by atoms with E-state index in [9.17, 15) is 5.11 Å². The second kappa shape index (κ2) is 6.65. The molecule has 2 N–H and O–H groups in total. The molecule has 26 heavy (non-hydrogen) atoms. The van der Waals surface area contributed by atoms with Crippen molar-refractivity contribution in [3.63, 3.8) is 0 Å². The summed E-state index contributed by atoms with van der Waals surface area (Å²) >= 11 is 0. The lowest BCUT2D eigenvalue weighted by atomic mass is 10.1. The fourth-order valence-corrected chi connectivity index (χ4v) is 3.47. The molecule has 130 valence electrons. The van der Waals surface area contributed by atoms with Gasteiger partial charge in [0.2, 0.25) is 0 Å². The first-order chi connectivity index (χ1) is 12.7. The number of H-pyrrole nitrogens is 1. The molecule has 0 spiro atoms. The predicted octanol–water partition coefficient (Wildman–Crippen LogP) is 4.63. The summed E-state index contributed by atoms with van der Waals surface area (Å²) in [6, 6.07) is 18.4. The van der Waals surface area contributed by atoms with Crippen molar-refractivity contribution < 1.29 is 5.11 Å². The number of hydrogen-bond acceptors (Lipinski definition) is 2. The molecular weight excluding hydrogens is 322 g/mol. The van der Waals surface area contributed by atoms with Crippen molar-refractivity contribution >= 4 is 23.1 Å². The van der Waals surface area contributed by atoms with Crippen molar-refractivity contribution in [3.05, 3.63) is 82.8 Å². The third kappa shape index (κ3) is 2.74. The van der Waals surface area contributed by atoms with E-state index in [1.165, 1.54) is 0 Å². The smallest absolute Gasteiger partial charge is 0.0927 e. The van der Waals surface area contributed by atoms with Gasteiger partial charge in [-0.2, -0.15) is 5.10 Å². The number of nitrogens with one attached hydrogen (secondary N) is 1. The first kappa shape index (κ1) is 16.4. The Morgan fingerprint density at radius 3 is 2.62 bits per heavy atom. The molecule has 0 saturated carbocycles. The maximum Gasteiger partial charge on any atom is 0.0927 e. The molecule has 0 atom stereocenters. The summed E-state index contributed by atoms with van der Waals surface area (Å²) < 4.78 is 2.19.